The molecule has 71 heavy (non-hydrogen) atoms. The van der Waals surface area contributed by atoms with Crippen molar-refractivity contribution in [2.75, 3.05) is 304 Å². The fourth-order valence-corrected chi connectivity index (χ4v) is 4.89. The maximum Gasteiger partial charge on any atom is 0.107 e. The lowest BCUT2D eigenvalue weighted by Gasteiger charge is -2.09. The van der Waals surface area contributed by atoms with Gasteiger partial charge >= 0.3 is 0 Å². The van der Waals surface area contributed by atoms with E-state index in [0.717, 1.165) is 0 Å². The summed E-state index contributed by atoms with van der Waals surface area (Å²) >= 11 is 0. The summed E-state index contributed by atoms with van der Waals surface area (Å²) in [6.45, 7) is 22.4. The molecule has 0 aliphatic rings. The van der Waals surface area contributed by atoms with Crippen LogP contribution < -0.4 is 0 Å². The second-order valence-corrected chi connectivity index (χ2v) is 14.1. The summed E-state index contributed by atoms with van der Waals surface area (Å²) in [6, 6.07) is 0. The predicted molar refractivity (Wildman–Crippen MR) is 259 cm³/mol. The largest absolute Gasteiger partial charge is 0.382 e. The van der Waals surface area contributed by atoms with Gasteiger partial charge in [0.25, 0.3) is 0 Å². The van der Waals surface area contributed by atoms with Gasteiger partial charge in [0.2, 0.25) is 0 Å². The van der Waals surface area contributed by atoms with Crippen LogP contribution in [0.5, 0.6) is 0 Å². The molecular formula is C48H94O23. The van der Waals surface area contributed by atoms with Crippen LogP contribution in [0.1, 0.15) is 0 Å². The lowest BCUT2D eigenvalue weighted by molar-refractivity contribution is -0.0318. The lowest BCUT2D eigenvalue weighted by atomic mass is 10.6. The molecule has 0 N–H and O–H groups in total. The van der Waals surface area contributed by atoms with E-state index in [1.165, 1.54) is 0 Å². The average molecular weight is 1040 g/mol. The Morgan fingerprint density at radius 1 is 0.169 bits per heavy atom. The molecule has 0 saturated heterocycles. The van der Waals surface area contributed by atoms with Crippen molar-refractivity contribution in [3.05, 3.63) is 0 Å². The van der Waals surface area contributed by atoms with Crippen LogP contribution >= 0.6 is 0 Å². The Labute approximate surface area is 425 Å². The maximum atomic E-state index is 5.52. The highest BCUT2D eigenvalue weighted by Gasteiger charge is 2.00. The van der Waals surface area contributed by atoms with Crippen LogP contribution in [0.3, 0.4) is 0 Å². The first-order chi connectivity index (χ1) is 35.4. The van der Waals surface area contributed by atoms with Crippen molar-refractivity contribution in [1.82, 2.24) is 0 Å². The smallest absolute Gasteiger partial charge is 0.107 e. The van der Waals surface area contributed by atoms with Crippen molar-refractivity contribution in [3.63, 3.8) is 0 Å². The van der Waals surface area contributed by atoms with Crippen molar-refractivity contribution in [2.45, 2.75) is 0 Å². The molecule has 0 aromatic carbocycles. The van der Waals surface area contributed by atoms with E-state index in [4.69, 9.17) is 115 Å². The molecule has 23 heteroatoms. The monoisotopic (exact) mass is 1040 g/mol. The third-order valence-corrected chi connectivity index (χ3v) is 8.43. The van der Waals surface area contributed by atoms with Gasteiger partial charge < -0.3 is 109 Å². The number of methoxy groups -OCH3 is 1. The van der Waals surface area contributed by atoms with E-state index < -0.39 is 0 Å². The van der Waals surface area contributed by atoms with Gasteiger partial charge in [0.1, 0.15) is 6.61 Å². The van der Waals surface area contributed by atoms with E-state index in [-0.39, 0.29) is 0 Å². The molecule has 0 aliphatic heterocycles. The fourth-order valence-electron chi connectivity index (χ4n) is 4.89. The molecule has 0 saturated carbocycles. The van der Waals surface area contributed by atoms with Crippen molar-refractivity contribution >= 4 is 0 Å². The summed E-state index contributed by atoms with van der Waals surface area (Å²) in [7, 11) is 1.64. The third-order valence-electron chi connectivity index (χ3n) is 8.43. The molecule has 0 aromatic heterocycles. The Kier molecular flexibility index (Phi) is 67.3. The van der Waals surface area contributed by atoms with E-state index in [0.29, 0.717) is 297 Å². The van der Waals surface area contributed by atoms with E-state index in [9.17, 15) is 0 Å². The summed E-state index contributed by atoms with van der Waals surface area (Å²) in [4.78, 5) is 0. The normalized spacial score (nSPS) is 11.6. The predicted octanol–water partition coefficient (Wildman–Crippen LogP) is 0.631. The Balaban J connectivity index is 3.07. The molecule has 0 unspecified atom stereocenters. The Morgan fingerprint density at radius 2 is 0.268 bits per heavy atom. The van der Waals surface area contributed by atoms with E-state index in [1.807, 2.05) is 0 Å². The molecule has 23 nitrogen and oxygen atoms in total. The molecule has 0 rings (SSSR count). The van der Waals surface area contributed by atoms with Crippen molar-refractivity contribution in [3.8, 4) is 12.3 Å². The quantitative estimate of drug-likeness (QED) is 0.0604. The Hall–Kier alpha value is -1.36. The zero-order valence-corrected chi connectivity index (χ0v) is 43.3. The van der Waals surface area contributed by atoms with Crippen LogP contribution in [-0.2, 0) is 109 Å². The van der Waals surface area contributed by atoms with Gasteiger partial charge in [-0.3, -0.25) is 0 Å². The number of hydrogen-bond donors (Lipinski definition) is 0. The van der Waals surface area contributed by atoms with Gasteiger partial charge in [-0.15, -0.1) is 6.42 Å². The topological polar surface area (TPSA) is 212 Å². The first-order valence-corrected chi connectivity index (χ1v) is 25.0. The first-order valence-electron chi connectivity index (χ1n) is 25.0. The van der Waals surface area contributed by atoms with Crippen LogP contribution in [0.25, 0.3) is 0 Å². The Bertz CT molecular complexity index is 974. The third kappa shape index (κ3) is 68.6. The highest BCUT2D eigenvalue weighted by atomic mass is 16.6. The van der Waals surface area contributed by atoms with Crippen molar-refractivity contribution in [1.29, 1.82) is 0 Å². The summed E-state index contributed by atoms with van der Waals surface area (Å²) in [5.74, 6) is 2.40. The highest BCUT2D eigenvalue weighted by molar-refractivity contribution is 4.82. The molecule has 0 aliphatic carbocycles. The molecule has 0 atom stereocenters. The second kappa shape index (κ2) is 68.6. The van der Waals surface area contributed by atoms with Gasteiger partial charge in [-0.05, 0) is 0 Å². The molecule has 0 heterocycles. The van der Waals surface area contributed by atoms with Crippen LogP contribution in [0.4, 0.5) is 0 Å². The minimum atomic E-state index is 0.301. The molecular weight excluding hydrogens is 945 g/mol. The zero-order valence-electron chi connectivity index (χ0n) is 43.3. The van der Waals surface area contributed by atoms with E-state index in [1.54, 1.807) is 7.11 Å². The van der Waals surface area contributed by atoms with E-state index >= 15 is 0 Å². The number of rotatable bonds is 67. The second-order valence-electron chi connectivity index (χ2n) is 14.1. The number of hydrogen-bond acceptors (Lipinski definition) is 23. The van der Waals surface area contributed by atoms with Gasteiger partial charge in [-0.2, -0.15) is 0 Å². The SMILES string of the molecule is C#CCOCCOCCOCCOCCOCCOCCOCCOCCOCCOCCOCCOCCOCCOCCOCCOCCOCCOCCOCCOCCOCCOCCOC. The first kappa shape index (κ1) is 69.6. The molecule has 0 spiro atoms. The molecule has 0 amide bonds. The molecule has 0 fully saturated rings. The van der Waals surface area contributed by atoms with Crippen LogP contribution in [0, 0.1) is 12.3 Å². The number of terminal acetylenes is 1. The van der Waals surface area contributed by atoms with Gasteiger partial charge in [0, 0.05) is 7.11 Å². The van der Waals surface area contributed by atoms with Crippen LogP contribution in [0.15, 0.2) is 0 Å². The molecule has 424 valence electrons. The lowest BCUT2D eigenvalue weighted by Crippen LogP contribution is -2.16. The van der Waals surface area contributed by atoms with Crippen LogP contribution in [-0.4, -0.2) is 304 Å². The minimum Gasteiger partial charge on any atom is -0.382 e. The summed E-state index contributed by atoms with van der Waals surface area (Å²) in [5, 5.41) is 0. The molecule has 0 aromatic rings. The fraction of sp³-hybridized carbons (Fsp3) is 0.958. The minimum absolute atomic E-state index is 0.301. The van der Waals surface area contributed by atoms with Crippen molar-refractivity contribution < 1.29 is 109 Å². The van der Waals surface area contributed by atoms with Crippen molar-refractivity contribution in [2.24, 2.45) is 0 Å². The van der Waals surface area contributed by atoms with Gasteiger partial charge in [0.05, 0.1) is 291 Å². The van der Waals surface area contributed by atoms with Gasteiger partial charge in [0.15, 0.2) is 0 Å². The van der Waals surface area contributed by atoms with E-state index in [2.05, 4.69) is 5.92 Å². The Morgan fingerprint density at radius 3 is 0.366 bits per heavy atom. The summed E-state index contributed by atoms with van der Waals surface area (Å²) in [6.07, 6.45) is 5.09. The summed E-state index contributed by atoms with van der Waals surface area (Å²) < 4.78 is 125. The average Bonchev–Trinajstić information content (AvgIpc) is 3.38. The number of ether oxygens (including phenoxy) is 23. The molecule has 0 bridgehead atoms. The van der Waals surface area contributed by atoms with Crippen LogP contribution in [0.2, 0.25) is 0 Å². The highest BCUT2D eigenvalue weighted by Crippen LogP contribution is 1.90. The summed E-state index contributed by atoms with van der Waals surface area (Å²) in [5.41, 5.74) is 0. The van der Waals surface area contributed by atoms with Gasteiger partial charge in [-0.1, -0.05) is 5.92 Å². The zero-order chi connectivity index (χ0) is 50.8. The van der Waals surface area contributed by atoms with Gasteiger partial charge in [-0.25, -0.2) is 0 Å². The standard InChI is InChI=1S/C48H94O23/c1-3-4-50-7-8-52-11-12-54-15-16-56-19-20-58-23-24-60-27-28-62-31-32-64-35-36-66-39-40-68-43-44-70-47-48-71-46-45-69-42-41-67-38-37-65-34-33-63-30-29-61-26-25-59-22-21-57-18-17-55-14-13-53-10-9-51-6-5-49-2/h1H,4-48H2,2H3. The molecule has 0 radical (unpaired) electrons. The maximum absolute atomic E-state index is 5.52.